The molecular formula is C23H14BrN3O2. The van der Waals surface area contributed by atoms with Gasteiger partial charge in [-0.3, -0.25) is 4.79 Å². The number of fused-ring (bicyclic) bond motifs is 2. The normalized spacial score (nSPS) is 11.6. The lowest BCUT2D eigenvalue weighted by Gasteiger charge is -2.07. The molecule has 0 radical (unpaired) electrons. The molecule has 5 rings (SSSR count). The van der Waals surface area contributed by atoms with Gasteiger partial charge in [-0.2, -0.15) is 9.78 Å². The second kappa shape index (κ2) is 7.14. The van der Waals surface area contributed by atoms with Crippen LogP contribution in [0.2, 0.25) is 0 Å². The maximum absolute atomic E-state index is 13.2. The summed E-state index contributed by atoms with van der Waals surface area (Å²) in [5.74, 6) is 0.839. The fraction of sp³-hybridized carbons (Fsp3) is 0. The standard InChI is InChI=1S/C23H14BrN3O2/c24-18-10-4-1-8-16(18)14-25-27-22(21-13-15-7-2-6-12-20(15)29-21)26-19-11-5-3-9-17(19)23(27)28/h1-14H. The van der Waals surface area contributed by atoms with E-state index in [2.05, 4.69) is 26.0 Å². The molecule has 0 saturated carbocycles. The van der Waals surface area contributed by atoms with Crippen molar-refractivity contribution in [2.45, 2.75) is 0 Å². The van der Waals surface area contributed by atoms with E-state index in [1.54, 1.807) is 12.3 Å². The molecule has 5 nitrogen and oxygen atoms in total. The summed E-state index contributed by atoms with van der Waals surface area (Å²) in [6, 6.07) is 24.4. The van der Waals surface area contributed by atoms with Gasteiger partial charge in [0.1, 0.15) is 5.58 Å². The predicted molar refractivity (Wildman–Crippen MR) is 118 cm³/mol. The molecule has 0 unspecified atom stereocenters. The molecule has 0 N–H and O–H groups in total. The Hall–Kier alpha value is -3.51. The Morgan fingerprint density at radius 3 is 2.59 bits per heavy atom. The Labute approximate surface area is 174 Å². The second-order valence-corrected chi connectivity index (χ2v) is 7.34. The van der Waals surface area contributed by atoms with Gasteiger partial charge in [-0.15, -0.1) is 0 Å². The summed E-state index contributed by atoms with van der Waals surface area (Å²) in [5, 5.41) is 5.89. The zero-order valence-electron chi connectivity index (χ0n) is 15.1. The monoisotopic (exact) mass is 443 g/mol. The molecule has 2 aromatic heterocycles. The van der Waals surface area contributed by atoms with Gasteiger partial charge >= 0.3 is 0 Å². The fourth-order valence-electron chi connectivity index (χ4n) is 3.18. The molecule has 0 fully saturated rings. The van der Waals surface area contributed by atoms with Crippen LogP contribution in [0.5, 0.6) is 0 Å². The quantitative estimate of drug-likeness (QED) is 0.348. The van der Waals surface area contributed by atoms with Crippen molar-refractivity contribution in [1.29, 1.82) is 0 Å². The maximum Gasteiger partial charge on any atom is 0.282 e. The Bertz CT molecular complexity index is 1420. The maximum atomic E-state index is 13.2. The molecule has 2 heterocycles. The van der Waals surface area contributed by atoms with Crippen LogP contribution in [0, 0.1) is 0 Å². The fourth-order valence-corrected chi connectivity index (χ4v) is 3.57. The molecule has 0 aliphatic carbocycles. The molecule has 0 aliphatic rings. The second-order valence-electron chi connectivity index (χ2n) is 6.48. The molecule has 29 heavy (non-hydrogen) atoms. The van der Waals surface area contributed by atoms with Gasteiger partial charge < -0.3 is 4.42 Å². The highest BCUT2D eigenvalue weighted by Gasteiger charge is 2.16. The summed E-state index contributed by atoms with van der Waals surface area (Å²) in [6.07, 6.45) is 1.63. The molecule has 5 aromatic rings. The minimum absolute atomic E-state index is 0.255. The number of rotatable bonds is 3. The number of furan rings is 1. The van der Waals surface area contributed by atoms with Gasteiger partial charge in [0, 0.05) is 15.4 Å². The average molecular weight is 444 g/mol. The zero-order valence-corrected chi connectivity index (χ0v) is 16.7. The molecule has 0 amide bonds. The summed E-state index contributed by atoms with van der Waals surface area (Å²) in [6.45, 7) is 0. The largest absolute Gasteiger partial charge is 0.453 e. The van der Waals surface area contributed by atoms with Crippen LogP contribution < -0.4 is 5.56 Å². The third-order valence-electron chi connectivity index (χ3n) is 4.62. The van der Waals surface area contributed by atoms with E-state index in [0.29, 0.717) is 22.5 Å². The number of para-hydroxylation sites is 2. The molecule has 3 aromatic carbocycles. The van der Waals surface area contributed by atoms with E-state index in [4.69, 9.17) is 4.42 Å². The van der Waals surface area contributed by atoms with Crippen molar-refractivity contribution in [3.63, 3.8) is 0 Å². The first-order valence-electron chi connectivity index (χ1n) is 9.00. The topological polar surface area (TPSA) is 60.4 Å². The number of hydrogen-bond acceptors (Lipinski definition) is 4. The van der Waals surface area contributed by atoms with Crippen LogP contribution in [0.3, 0.4) is 0 Å². The summed E-state index contributed by atoms with van der Waals surface area (Å²) in [5.41, 5.74) is 1.92. The molecule has 6 heteroatoms. The van der Waals surface area contributed by atoms with Crippen LogP contribution in [0.4, 0.5) is 0 Å². The summed E-state index contributed by atoms with van der Waals surface area (Å²) >= 11 is 3.50. The van der Waals surface area contributed by atoms with E-state index in [-0.39, 0.29) is 5.56 Å². The van der Waals surface area contributed by atoms with E-state index in [9.17, 15) is 4.79 Å². The first-order chi connectivity index (χ1) is 14.2. The SMILES string of the molecule is O=c1c2ccccc2nc(-c2cc3ccccc3o2)n1N=Cc1ccccc1Br. The first-order valence-corrected chi connectivity index (χ1v) is 9.80. The number of halogens is 1. The Morgan fingerprint density at radius 2 is 1.72 bits per heavy atom. The van der Waals surface area contributed by atoms with Crippen LogP contribution >= 0.6 is 15.9 Å². The molecule has 0 aliphatic heterocycles. The van der Waals surface area contributed by atoms with Crippen molar-refractivity contribution in [1.82, 2.24) is 9.66 Å². The van der Waals surface area contributed by atoms with E-state index in [1.807, 2.05) is 72.8 Å². The lowest BCUT2D eigenvalue weighted by atomic mass is 10.2. The lowest BCUT2D eigenvalue weighted by molar-refractivity contribution is 0.616. The van der Waals surface area contributed by atoms with Gasteiger partial charge in [0.2, 0.25) is 5.82 Å². The number of aromatic nitrogens is 2. The highest BCUT2D eigenvalue weighted by molar-refractivity contribution is 9.10. The molecule has 0 spiro atoms. The Balaban J connectivity index is 1.76. The van der Waals surface area contributed by atoms with Crippen molar-refractivity contribution in [2.75, 3.05) is 0 Å². The molecule has 0 bridgehead atoms. The molecule has 0 atom stereocenters. The van der Waals surface area contributed by atoms with E-state index in [0.717, 1.165) is 21.0 Å². The van der Waals surface area contributed by atoms with Crippen molar-refractivity contribution in [3.8, 4) is 11.6 Å². The van der Waals surface area contributed by atoms with Gasteiger partial charge in [0.25, 0.3) is 5.56 Å². The average Bonchev–Trinajstić information content (AvgIpc) is 3.18. The van der Waals surface area contributed by atoms with Crippen LogP contribution in [0.25, 0.3) is 33.5 Å². The smallest absolute Gasteiger partial charge is 0.282 e. The van der Waals surface area contributed by atoms with Crippen LogP contribution in [0.1, 0.15) is 5.56 Å². The van der Waals surface area contributed by atoms with Crippen LogP contribution in [0.15, 0.2) is 97.6 Å². The lowest BCUT2D eigenvalue weighted by Crippen LogP contribution is -2.20. The van der Waals surface area contributed by atoms with Crippen LogP contribution in [-0.2, 0) is 0 Å². The molecular weight excluding hydrogens is 430 g/mol. The van der Waals surface area contributed by atoms with Crippen molar-refractivity contribution in [2.24, 2.45) is 5.10 Å². The third kappa shape index (κ3) is 3.17. The zero-order chi connectivity index (χ0) is 19.8. The summed E-state index contributed by atoms with van der Waals surface area (Å²) < 4.78 is 8.15. The number of nitrogens with zero attached hydrogens (tertiary/aromatic N) is 3. The van der Waals surface area contributed by atoms with Gasteiger partial charge in [0.05, 0.1) is 17.1 Å². The molecule has 0 saturated heterocycles. The minimum Gasteiger partial charge on any atom is -0.453 e. The Kier molecular flexibility index (Phi) is 4.33. The summed E-state index contributed by atoms with van der Waals surface area (Å²) in [7, 11) is 0. The van der Waals surface area contributed by atoms with Gasteiger partial charge in [-0.1, -0.05) is 64.5 Å². The number of benzene rings is 3. The van der Waals surface area contributed by atoms with Crippen molar-refractivity contribution >= 4 is 44.0 Å². The van der Waals surface area contributed by atoms with E-state index >= 15 is 0 Å². The predicted octanol–water partition coefficient (Wildman–Crippen LogP) is 5.45. The van der Waals surface area contributed by atoms with Gasteiger partial charge in [0.15, 0.2) is 5.76 Å². The van der Waals surface area contributed by atoms with Gasteiger partial charge in [-0.05, 0) is 30.3 Å². The first kappa shape index (κ1) is 17.6. The highest BCUT2D eigenvalue weighted by atomic mass is 79.9. The van der Waals surface area contributed by atoms with Crippen LogP contribution in [-0.4, -0.2) is 15.9 Å². The van der Waals surface area contributed by atoms with E-state index in [1.165, 1.54) is 4.68 Å². The van der Waals surface area contributed by atoms with E-state index < -0.39 is 0 Å². The Morgan fingerprint density at radius 1 is 0.966 bits per heavy atom. The molecule has 140 valence electrons. The highest BCUT2D eigenvalue weighted by Crippen LogP contribution is 2.27. The third-order valence-corrected chi connectivity index (χ3v) is 5.34. The van der Waals surface area contributed by atoms with Crippen molar-refractivity contribution < 1.29 is 4.42 Å². The van der Waals surface area contributed by atoms with Gasteiger partial charge in [-0.25, -0.2) is 4.98 Å². The number of hydrogen-bond donors (Lipinski definition) is 0. The summed E-state index contributed by atoms with van der Waals surface area (Å²) in [4.78, 5) is 17.9. The van der Waals surface area contributed by atoms with Crippen molar-refractivity contribution in [3.05, 3.63) is 99.3 Å². The minimum atomic E-state index is -0.255.